The molecule has 0 fully saturated rings. The van der Waals surface area contributed by atoms with E-state index in [0.717, 1.165) is 16.7 Å². The van der Waals surface area contributed by atoms with Gasteiger partial charge in [0.15, 0.2) is 0 Å². The monoisotopic (exact) mass is 396 g/mol. The average molecular weight is 396 g/mol. The van der Waals surface area contributed by atoms with Gasteiger partial charge in [-0.3, -0.25) is 4.79 Å². The van der Waals surface area contributed by atoms with Crippen molar-refractivity contribution in [2.45, 2.75) is 18.5 Å². The Bertz CT molecular complexity index is 1110. The molecular formula is C24H20N4O2. The highest BCUT2D eigenvalue weighted by molar-refractivity contribution is 5.90. The fourth-order valence-electron chi connectivity index (χ4n) is 3.87. The van der Waals surface area contributed by atoms with Crippen LogP contribution in [0.5, 0.6) is 11.5 Å². The minimum atomic E-state index is -0.456. The molecule has 1 atom stereocenters. The van der Waals surface area contributed by atoms with E-state index in [9.17, 15) is 4.79 Å². The molecule has 0 unspecified atom stereocenters. The summed E-state index contributed by atoms with van der Waals surface area (Å²) in [6.07, 6.45) is 3.27. The first-order valence-corrected chi connectivity index (χ1v) is 9.85. The Hall–Kier alpha value is -3.93. The van der Waals surface area contributed by atoms with Gasteiger partial charge in [0.25, 0.3) is 0 Å². The molecule has 6 heteroatoms. The molecule has 0 aliphatic carbocycles. The molecule has 2 heterocycles. The van der Waals surface area contributed by atoms with Crippen molar-refractivity contribution in [3.8, 4) is 11.5 Å². The lowest BCUT2D eigenvalue weighted by molar-refractivity contribution is -0.122. The van der Waals surface area contributed by atoms with Crippen LogP contribution in [0, 0.1) is 0 Å². The molecule has 148 valence electrons. The third-order valence-corrected chi connectivity index (χ3v) is 5.27. The standard InChI is InChI=1S/C24H20N4O2/c29-24(27-20(16-28-25-14-15-26-28)17-8-2-1-3-9-17)23-18-10-4-6-12-21(18)30-22-13-7-5-11-19(22)23/h1-15,20,23H,16H2,(H,27,29)/t20-/m1/s1. The van der Waals surface area contributed by atoms with Gasteiger partial charge in [-0.1, -0.05) is 66.7 Å². The van der Waals surface area contributed by atoms with Crippen molar-refractivity contribution < 1.29 is 9.53 Å². The smallest absolute Gasteiger partial charge is 0.232 e. The van der Waals surface area contributed by atoms with Gasteiger partial charge < -0.3 is 10.1 Å². The molecule has 30 heavy (non-hydrogen) atoms. The van der Waals surface area contributed by atoms with Crippen molar-refractivity contribution in [2.75, 3.05) is 0 Å². The molecule has 0 bridgehead atoms. The lowest BCUT2D eigenvalue weighted by atomic mass is 9.87. The van der Waals surface area contributed by atoms with Crippen molar-refractivity contribution in [1.82, 2.24) is 20.3 Å². The van der Waals surface area contributed by atoms with Crippen LogP contribution in [-0.4, -0.2) is 20.9 Å². The van der Waals surface area contributed by atoms with Crippen LogP contribution in [-0.2, 0) is 11.3 Å². The average Bonchev–Trinajstić information content (AvgIpc) is 3.30. The predicted molar refractivity (Wildman–Crippen MR) is 112 cm³/mol. The number of benzene rings is 3. The zero-order valence-corrected chi connectivity index (χ0v) is 16.2. The van der Waals surface area contributed by atoms with Crippen molar-refractivity contribution in [3.05, 3.63) is 108 Å². The molecule has 4 aromatic rings. The van der Waals surface area contributed by atoms with Crippen LogP contribution in [0.2, 0.25) is 0 Å². The summed E-state index contributed by atoms with van der Waals surface area (Å²) in [6, 6.07) is 25.0. The summed E-state index contributed by atoms with van der Waals surface area (Å²) >= 11 is 0. The van der Waals surface area contributed by atoms with Gasteiger partial charge in [0.2, 0.25) is 5.91 Å². The van der Waals surface area contributed by atoms with Gasteiger partial charge in [-0.2, -0.15) is 15.0 Å². The summed E-state index contributed by atoms with van der Waals surface area (Å²) in [6.45, 7) is 0.440. The molecule has 0 saturated carbocycles. The fraction of sp³-hybridized carbons (Fsp3) is 0.125. The SMILES string of the molecule is O=C(N[C@H](Cn1nccn1)c1ccccc1)C1c2ccccc2Oc2ccccc21. The molecule has 1 aromatic heterocycles. The van der Waals surface area contributed by atoms with Crippen LogP contribution in [0.4, 0.5) is 0 Å². The van der Waals surface area contributed by atoms with Crippen LogP contribution < -0.4 is 10.1 Å². The van der Waals surface area contributed by atoms with Crippen LogP contribution in [0.1, 0.15) is 28.7 Å². The zero-order valence-electron chi connectivity index (χ0n) is 16.2. The van der Waals surface area contributed by atoms with E-state index >= 15 is 0 Å². The number of fused-ring (bicyclic) bond motifs is 2. The highest BCUT2D eigenvalue weighted by Gasteiger charge is 2.33. The first-order chi connectivity index (χ1) is 14.8. The lowest BCUT2D eigenvalue weighted by Gasteiger charge is -2.29. The third-order valence-electron chi connectivity index (χ3n) is 5.27. The van der Waals surface area contributed by atoms with Gasteiger partial charge in [0.05, 0.1) is 30.9 Å². The number of aromatic nitrogens is 3. The highest BCUT2D eigenvalue weighted by atomic mass is 16.5. The Labute approximate surface area is 174 Å². The van der Waals surface area contributed by atoms with Crippen molar-refractivity contribution >= 4 is 5.91 Å². The number of carbonyl (C=O) groups is 1. The van der Waals surface area contributed by atoms with Crippen LogP contribution >= 0.6 is 0 Å². The minimum absolute atomic E-state index is 0.0841. The largest absolute Gasteiger partial charge is 0.457 e. The van der Waals surface area contributed by atoms with Crippen LogP contribution in [0.25, 0.3) is 0 Å². The Kier molecular flexibility index (Phi) is 4.73. The topological polar surface area (TPSA) is 69.0 Å². The minimum Gasteiger partial charge on any atom is -0.457 e. The number of hydrogen-bond donors (Lipinski definition) is 1. The van der Waals surface area contributed by atoms with E-state index < -0.39 is 5.92 Å². The number of hydrogen-bond acceptors (Lipinski definition) is 4. The van der Waals surface area contributed by atoms with Crippen molar-refractivity contribution in [3.63, 3.8) is 0 Å². The number of rotatable bonds is 5. The number of para-hydroxylation sites is 2. The summed E-state index contributed by atoms with van der Waals surface area (Å²) < 4.78 is 6.03. The second-order valence-electron chi connectivity index (χ2n) is 7.17. The van der Waals surface area contributed by atoms with Gasteiger partial charge >= 0.3 is 0 Å². The Balaban J connectivity index is 1.50. The molecule has 1 aliphatic heterocycles. The molecule has 1 amide bonds. The Morgan fingerprint density at radius 2 is 1.43 bits per heavy atom. The second-order valence-corrected chi connectivity index (χ2v) is 7.17. The fourth-order valence-corrected chi connectivity index (χ4v) is 3.87. The van der Waals surface area contributed by atoms with E-state index in [-0.39, 0.29) is 11.9 Å². The number of nitrogens with one attached hydrogen (secondary N) is 1. The molecule has 1 aliphatic rings. The number of amides is 1. The highest BCUT2D eigenvalue weighted by Crippen LogP contribution is 2.44. The predicted octanol–water partition coefficient (Wildman–Crippen LogP) is 4.07. The van der Waals surface area contributed by atoms with E-state index in [0.29, 0.717) is 18.0 Å². The molecule has 0 spiro atoms. The molecule has 5 rings (SSSR count). The molecule has 0 saturated heterocycles. The third kappa shape index (κ3) is 3.43. The summed E-state index contributed by atoms with van der Waals surface area (Å²) in [5.74, 6) is 0.880. The number of nitrogens with zero attached hydrogens (tertiary/aromatic N) is 3. The van der Waals surface area contributed by atoms with Gasteiger partial charge in [-0.25, -0.2) is 0 Å². The molecule has 1 N–H and O–H groups in total. The molecule has 6 nitrogen and oxygen atoms in total. The van der Waals surface area contributed by atoms with E-state index in [1.54, 1.807) is 17.2 Å². The maximum Gasteiger partial charge on any atom is 0.232 e. The maximum atomic E-state index is 13.6. The summed E-state index contributed by atoms with van der Waals surface area (Å²) in [7, 11) is 0. The first kappa shape index (κ1) is 18.1. The molecule has 3 aromatic carbocycles. The van der Waals surface area contributed by atoms with Crippen LogP contribution in [0.3, 0.4) is 0 Å². The summed E-state index contributed by atoms with van der Waals surface area (Å²) in [4.78, 5) is 15.2. The Morgan fingerprint density at radius 1 is 0.867 bits per heavy atom. The first-order valence-electron chi connectivity index (χ1n) is 9.85. The quantitative estimate of drug-likeness (QED) is 0.552. The van der Waals surface area contributed by atoms with E-state index in [1.807, 2.05) is 78.9 Å². The Morgan fingerprint density at radius 3 is 2.07 bits per heavy atom. The van der Waals surface area contributed by atoms with Crippen LogP contribution in [0.15, 0.2) is 91.3 Å². The lowest BCUT2D eigenvalue weighted by Crippen LogP contribution is -2.36. The number of carbonyl (C=O) groups excluding carboxylic acids is 1. The normalized spacial score (nSPS) is 13.6. The van der Waals surface area contributed by atoms with Gasteiger partial charge in [0.1, 0.15) is 11.5 Å². The van der Waals surface area contributed by atoms with Crippen molar-refractivity contribution in [1.29, 1.82) is 0 Å². The van der Waals surface area contributed by atoms with Gasteiger partial charge in [-0.05, 0) is 17.7 Å². The zero-order chi connectivity index (χ0) is 20.3. The molecule has 0 radical (unpaired) electrons. The van der Waals surface area contributed by atoms with E-state index in [2.05, 4.69) is 15.5 Å². The molecular weight excluding hydrogens is 376 g/mol. The summed E-state index contributed by atoms with van der Waals surface area (Å²) in [5.41, 5.74) is 2.72. The van der Waals surface area contributed by atoms with E-state index in [1.165, 1.54) is 0 Å². The van der Waals surface area contributed by atoms with Gasteiger partial charge in [-0.15, -0.1) is 0 Å². The number of ether oxygens (including phenoxy) is 1. The second kappa shape index (κ2) is 7.83. The van der Waals surface area contributed by atoms with E-state index in [4.69, 9.17) is 4.74 Å². The maximum absolute atomic E-state index is 13.6. The van der Waals surface area contributed by atoms with Crippen molar-refractivity contribution in [2.24, 2.45) is 0 Å². The summed E-state index contributed by atoms with van der Waals surface area (Å²) in [5, 5.41) is 11.6. The van der Waals surface area contributed by atoms with Gasteiger partial charge in [0, 0.05) is 11.1 Å².